The van der Waals surface area contributed by atoms with Gasteiger partial charge in [0.2, 0.25) is 0 Å². The summed E-state index contributed by atoms with van der Waals surface area (Å²) >= 11 is 1.78. The standard InChI is InChI=1S/C32H30O2S/c1-18(2)15-20(16-19(3)4)34-27-17-26-21-9-5-6-11-24(21)31(33)25-14-13-23-22-10-7-8-12-28(22)35-32(27)30(23)29(25)26/h5-14,17-20H,15-16H2,1-4H3. The molecule has 35 heavy (non-hydrogen) atoms. The molecule has 0 fully saturated rings. The van der Waals surface area contributed by atoms with E-state index in [0.29, 0.717) is 11.8 Å². The summed E-state index contributed by atoms with van der Waals surface area (Å²) in [6.45, 7) is 9.06. The van der Waals surface area contributed by atoms with Crippen LogP contribution in [0.15, 0.2) is 71.5 Å². The minimum absolute atomic E-state index is 0.112. The predicted molar refractivity (Wildman–Crippen MR) is 153 cm³/mol. The Morgan fingerprint density at radius 2 is 1.31 bits per heavy atom. The van der Waals surface area contributed by atoms with Crippen molar-refractivity contribution in [3.8, 4) is 5.75 Å². The molecule has 0 aliphatic rings. The van der Waals surface area contributed by atoms with Crippen LogP contribution in [0.2, 0.25) is 0 Å². The molecule has 1 heterocycles. The van der Waals surface area contributed by atoms with Gasteiger partial charge in [0.1, 0.15) is 5.75 Å². The van der Waals surface area contributed by atoms with E-state index in [1.165, 1.54) is 15.5 Å². The Labute approximate surface area is 209 Å². The lowest BCUT2D eigenvalue weighted by molar-refractivity contribution is 0.152. The first-order chi connectivity index (χ1) is 16.9. The maximum absolute atomic E-state index is 13.5. The van der Waals surface area contributed by atoms with E-state index in [0.717, 1.165) is 55.6 Å². The van der Waals surface area contributed by atoms with Gasteiger partial charge >= 0.3 is 0 Å². The van der Waals surface area contributed by atoms with Crippen molar-refractivity contribution < 1.29 is 4.74 Å². The summed E-state index contributed by atoms with van der Waals surface area (Å²) < 4.78 is 9.29. The normalized spacial score (nSPS) is 12.5. The lowest BCUT2D eigenvalue weighted by Crippen LogP contribution is -2.21. The molecule has 0 aliphatic heterocycles. The van der Waals surface area contributed by atoms with E-state index in [9.17, 15) is 4.79 Å². The molecule has 5 aromatic carbocycles. The van der Waals surface area contributed by atoms with Gasteiger partial charge < -0.3 is 4.74 Å². The van der Waals surface area contributed by atoms with Crippen molar-refractivity contribution in [3.63, 3.8) is 0 Å². The van der Waals surface area contributed by atoms with Gasteiger partial charge in [0.05, 0.1) is 10.8 Å². The maximum atomic E-state index is 13.5. The fraction of sp³-hybridized carbons (Fsp3) is 0.281. The van der Waals surface area contributed by atoms with Gasteiger partial charge in [-0.15, -0.1) is 11.3 Å². The molecule has 0 saturated carbocycles. The van der Waals surface area contributed by atoms with Crippen molar-refractivity contribution in [2.75, 3.05) is 0 Å². The Bertz CT molecular complexity index is 1750. The lowest BCUT2D eigenvalue weighted by Gasteiger charge is -2.25. The second-order valence-corrected chi connectivity index (χ2v) is 11.7. The molecular weight excluding hydrogens is 448 g/mol. The average molecular weight is 479 g/mol. The first-order valence-corrected chi connectivity index (χ1v) is 13.5. The molecule has 0 aliphatic carbocycles. The highest BCUT2D eigenvalue weighted by atomic mass is 32.1. The fourth-order valence-electron chi connectivity index (χ4n) is 5.70. The zero-order valence-electron chi connectivity index (χ0n) is 20.7. The number of benzene rings is 5. The maximum Gasteiger partial charge on any atom is 0.194 e. The van der Waals surface area contributed by atoms with E-state index in [4.69, 9.17) is 4.74 Å². The van der Waals surface area contributed by atoms with Gasteiger partial charge in [-0.25, -0.2) is 0 Å². The van der Waals surface area contributed by atoms with Gasteiger partial charge in [0.15, 0.2) is 5.43 Å². The fourth-order valence-corrected chi connectivity index (χ4v) is 6.87. The van der Waals surface area contributed by atoms with Crippen LogP contribution < -0.4 is 10.2 Å². The van der Waals surface area contributed by atoms with Crippen LogP contribution in [0.1, 0.15) is 40.5 Å². The molecule has 2 nitrogen and oxygen atoms in total. The Morgan fingerprint density at radius 1 is 0.686 bits per heavy atom. The van der Waals surface area contributed by atoms with E-state index in [1.807, 2.05) is 24.3 Å². The van der Waals surface area contributed by atoms with Gasteiger partial charge in [-0.05, 0) is 64.4 Å². The predicted octanol–water partition coefficient (Wildman–Crippen LogP) is 9.15. The molecule has 0 amide bonds. The first-order valence-electron chi connectivity index (χ1n) is 12.6. The van der Waals surface area contributed by atoms with Gasteiger partial charge in [-0.2, -0.15) is 0 Å². The molecule has 0 radical (unpaired) electrons. The van der Waals surface area contributed by atoms with Crippen molar-refractivity contribution in [2.24, 2.45) is 11.8 Å². The molecular formula is C32H30O2S. The van der Waals surface area contributed by atoms with E-state index in [2.05, 4.69) is 70.2 Å². The first kappa shape index (κ1) is 22.3. The van der Waals surface area contributed by atoms with Crippen LogP contribution in [-0.4, -0.2) is 6.10 Å². The molecule has 6 aromatic rings. The van der Waals surface area contributed by atoms with E-state index in [-0.39, 0.29) is 11.5 Å². The van der Waals surface area contributed by atoms with Crippen molar-refractivity contribution in [1.82, 2.24) is 0 Å². The molecule has 6 rings (SSSR count). The number of ether oxygens (including phenoxy) is 1. The van der Waals surface area contributed by atoms with Crippen LogP contribution in [0.25, 0.3) is 52.5 Å². The highest BCUT2D eigenvalue weighted by molar-refractivity contribution is 7.25. The Balaban J connectivity index is 1.76. The Kier molecular flexibility index (Phi) is 5.41. The third-order valence-corrected chi connectivity index (χ3v) is 8.24. The third kappa shape index (κ3) is 3.65. The zero-order chi connectivity index (χ0) is 24.3. The third-order valence-electron chi connectivity index (χ3n) is 7.06. The van der Waals surface area contributed by atoms with Crippen molar-refractivity contribution in [2.45, 2.75) is 46.6 Å². The van der Waals surface area contributed by atoms with Gasteiger partial charge in [-0.1, -0.05) is 76.2 Å². The number of fused-ring (bicyclic) bond motifs is 4. The number of hydrogen-bond donors (Lipinski definition) is 0. The van der Waals surface area contributed by atoms with E-state index in [1.54, 1.807) is 11.3 Å². The van der Waals surface area contributed by atoms with Crippen LogP contribution in [0, 0.1) is 11.8 Å². The molecule has 0 atom stereocenters. The summed E-state index contributed by atoms with van der Waals surface area (Å²) in [5.74, 6) is 2.06. The van der Waals surface area contributed by atoms with Crippen molar-refractivity contribution in [1.29, 1.82) is 0 Å². The molecule has 176 valence electrons. The summed E-state index contributed by atoms with van der Waals surface area (Å²) in [5.41, 5.74) is 0.112. The van der Waals surface area contributed by atoms with Gasteiger partial charge in [-0.3, -0.25) is 4.79 Å². The molecule has 0 spiro atoms. The van der Waals surface area contributed by atoms with Gasteiger partial charge in [0.25, 0.3) is 0 Å². The van der Waals surface area contributed by atoms with Crippen LogP contribution >= 0.6 is 11.3 Å². The van der Waals surface area contributed by atoms with Gasteiger partial charge in [0, 0.05) is 26.2 Å². The summed E-state index contributed by atoms with van der Waals surface area (Å²) in [4.78, 5) is 13.5. The summed E-state index contributed by atoms with van der Waals surface area (Å²) in [6, 6.07) is 23.0. The summed E-state index contributed by atoms with van der Waals surface area (Å²) in [7, 11) is 0. The molecule has 3 heteroatoms. The highest BCUT2D eigenvalue weighted by Crippen LogP contribution is 2.46. The minimum atomic E-state index is 0.112. The monoisotopic (exact) mass is 478 g/mol. The van der Waals surface area contributed by atoms with Crippen molar-refractivity contribution in [3.05, 3.63) is 77.0 Å². The molecule has 0 N–H and O–H groups in total. The number of rotatable bonds is 6. The minimum Gasteiger partial charge on any atom is -0.489 e. The van der Waals surface area contributed by atoms with Crippen LogP contribution in [0.5, 0.6) is 5.75 Å². The zero-order valence-corrected chi connectivity index (χ0v) is 21.5. The van der Waals surface area contributed by atoms with Crippen LogP contribution in [0.4, 0.5) is 0 Å². The Morgan fingerprint density at radius 3 is 2.03 bits per heavy atom. The van der Waals surface area contributed by atoms with Crippen LogP contribution in [0.3, 0.4) is 0 Å². The summed E-state index contributed by atoms with van der Waals surface area (Å²) in [5, 5.41) is 8.34. The molecule has 0 saturated heterocycles. The second kappa shape index (κ2) is 8.49. The largest absolute Gasteiger partial charge is 0.489 e. The number of hydrogen-bond acceptors (Lipinski definition) is 3. The smallest absolute Gasteiger partial charge is 0.194 e. The molecule has 1 aromatic heterocycles. The summed E-state index contributed by atoms with van der Waals surface area (Å²) in [6.07, 6.45) is 2.20. The highest BCUT2D eigenvalue weighted by Gasteiger charge is 2.22. The average Bonchev–Trinajstić information content (AvgIpc) is 2.84. The SMILES string of the molecule is CC(C)CC(CC(C)C)Oc1cc2c3ccccc3c(=O)c3ccc4c5ccccc5sc1c4c32. The van der Waals surface area contributed by atoms with E-state index >= 15 is 0 Å². The van der Waals surface area contributed by atoms with E-state index < -0.39 is 0 Å². The van der Waals surface area contributed by atoms with Crippen molar-refractivity contribution >= 4 is 63.8 Å². The Hall–Kier alpha value is -3.17. The topological polar surface area (TPSA) is 26.3 Å². The lowest BCUT2D eigenvalue weighted by atomic mass is 9.92. The second-order valence-electron chi connectivity index (χ2n) is 10.6. The van der Waals surface area contributed by atoms with Crippen LogP contribution in [-0.2, 0) is 0 Å². The quantitative estimate of drug-likeness (QED) is 0.176. The molecule has 0 bridgehead atoms. The molecule has 0 unspecified atom stereocenters.